The number of esters is 1. The number of oxazole rings is 1. The Balaban J connectivity index is 2.78. The van der Waals surface area contributed by atoms with Crippen molar-refractivity contribution in [1.82, 2.24) is 4.98 Å². The van der Waals surface area contributed by atoms with E-state index in [0.29, 0.717) is 12.0 Å². The molecule has 0 spiro atoms. The van der Waals surface area contributed by atoms with Gasteiger partial charge in [0.1, 0.15) is 5.76 Å². The summed E-state index contributed by atoms with van der Waals surface area (Å²) in [5.74, 6) is -0.355. The van der Waals surface area contributed by atoms with Crippen LogP contribution in [0.25, 0.3) is 0 Å². The van der Waals surface area contributed by atoms with E-state index in [1.54, 1.807) is 6.92 Å². The Morgan fingerprint density at radius 2 is 2.43 bits per heavy atom. The standard InChI is InChI=1S/C8H8BrNO4/c1-5-6(10-4-13-5)7(12)14-8(2,9)3-11/h3-4H,1-2H3. The Morgan fingerprint density at radius 3 is 2.86 bits per heavy atom. The van der Waals surface area contributed by atoms with Gasteiger partial charge in [0.25, 0.3) is 0 Å². The predicted molar refractivity (Wildman–Crippen MR) is 50.1 cm³/mol. The molecule has 0 fully saturated rings. The molecule has 0 bridgehead atoms. The van der Waals surface area contributed by atoms with Crippen molar-refractivity contribution in [3.05, 3.63) is 17.8 Å². The average Bonchev–Trinajstić information content (AvgIpc) is 2.51. The van der Waals surface area contributed by atoms with Crippen LogP contribution in [0.4, 0.5) is 0 Å². The second kappa shape index (κ2) is 3.91. The summed E-state index contributed by atoms with van der Waals surface area (Å²) in [6.45, 7) is 2.99. The molecule has 6 heteroatoms. The van der Waals surface area contributed by atoms with Crippen LogP contribution in [0.2, 0.25) is 0 Å². The van der Waals surface area contributed by atoms with Gasteiger partial charge in [0.2, 0.25) is 4.51 Å². The van der Waals surface area contributed by atoms with Crippen molar-refractivity contribution in [2.75, 3.05) is 0 Å². The third-order valence-corrected chi connectivity index (χ3v) is 1.79. The zero-order valence-electron chi connectivity index (χ0n) is 7.61. The molecule has 14 heavy (non-hydrogen) atoms. The lowest BCUT2D eigenvalue weighted by molar-refractivity contribution is -0.116. The molecule has 0 saturated heterocycles. The van der Waals surface area contributed by atoms with Crippen molar-refractivity contribution in [1.29, 1.82) is 0 Å². The number of aromatic nitrogens is 1. The number of carbonyl (C=O) groups is 2. The Morgan fingerprint density at radius 1 is 1.79 bits per heavy atom. The number of alkyl halides is 1. The average molecular weight is 262 g/mol. The number of hydrogen-bond donors (Lipinski definition) is 0. The van der Waals surface area contributed by atoms with E-state index in [1.165, 1.54) is 6.92 Å². The molecule has 1 aromatic rings. The number of aldehydes is 1. The summed E-state index contributed by atoms with van der Waals surface area (Å²) in [6, 6.07) is 0. The molecule has 0 saturated carbocycles. The first-order valence-corrected chi connectivity index (χ1v) is 4.54. The molecular weight excluding hydrogens is 254 g/mol. The Bertz CT molecular complexity index is 358. The predicted octanol–water partition coefficient (Wildman–Crippen LogP) is 1.45. The quantitative estimate of drug-likeness (QED) is 0.468. The summed E-state index contributed by atoms with van der Waals surface area (Å²) in [5.41, 5.74) is 0.0672. The van der Waals surface area contributed by atoms with Gasteiger partial charge in [0.05, 0.1) is 0 Å². The highest BCUT2D eigenvalue weighted by molar-refractivity contribution is 9.10. The normalized spacial score (nSPS) is 14.5. The van der Waals surface area contributed by atoms with Gasteiger partial charge < -0.3 is 9.15 Å². The number of hydrogen-bond acceptors (Lipinski definition) is 5. The molecule has 0 N–H and O–H groups in total. The van der Waals surface area contributed by atoms with Crippen molar-refractivity contribution in [3.63, 3.8) is 0 Å². The monoisotopic (exact) mass is 261 g/mol. The van der Waals surface area contributed by atoms with Gasteiger partial charge in [-0.05, 0) is 29.8 Å². The number of ether oxygens (including phenoxy) is 1. The third-order valence-electron chi connectivity index (χ3n) is 1.44. The van der Waals surface area contributed by atoms with Gasteiger partial charge >= 0.3 is 5.97 Å². The summed E-state index contributed by atoms with van der Waals surface area (Å²) < 4.78 is 8.29. The molecule has 0 aliphatic heterocycles. The molecule has 0 aliphatic rings. The summed E-state index contributed by atoms with van der Waals surface area (Å²) in [4.78, 5) is 25.5. The second-order valence-corrected chi connectivity index (χ2v) is 4.32. The smallest absolute Gasteiger partial charge is 0.362 e. The molecule has 1 rings (SSSR count). The van der Waals surface area contributed by atoms with Crippen LogP contribution >= 0.6 is 15.9 Å². The fourth-order valence-electron chi connectivity index (χ4n) is 0.755. The van der Waals surface area contributed by atoms with E-state index in [4.69, 9.17) is 9.15 Å². The summed E-state index contributed by atoms with van der Waals surface area (Å²) in [7, 11) is 0. The molecule has 0 aliphatic carbocycles. The number of rotatable bonds is 3. The maximum Gasteiger partial charge on any atom is 0.362 e. The highest BCUT2D eigenvalue weighted by Gasteiger charge is 2.27. The zero-order chi connectivity index (χ0) is 10.8. The minimum absolute atomic E-state index is 0.0672. The van der Waals surface area contributed by atoms with E-state index in [2.05, 4.69) is 20.9 Å². The van der Waals surface area contributed by atoms with Crippen LogP contribution < -0.4 is 0 Å². The zero-order valence-corrected chi connectivity index (χ0v) is 9.20. The Hall–Kier alpha value is -1.17. The number of carbonyl (C=O) groups excluding carboxylic acids is 2. The van der Waals surface area contributed by atoms with E-state index in [-0.39, 0.29) is 5.69 Å². The lowest BCUT2D eigenvalue weighted by Gasteiger charge is -2.14. The van der Waals surface area contributed by atoms with Crippen molar-refractivity contribution < 1.29 is 18.7 Å². The van der Waals surface area contributed by atoms with Gasteiger partial charge in [-0.2, -0.15) is 0 Å². The van der Waals surface area contributed by atoms with Gasteiger partial charge in [0, 0.05) is 0 Å². The van der Waals surface area contributed by atoms with Crippen molar-refractivity contribution in [3.8, 4) is 0 Å². The van der Waals surface area contributed by atoms with Crippen LogP contribution in [0.1, 0.15) is 23.2 Å². The van der Waals surface area contributed by atoms with Crippen LogP contribution in [-0.4, -0.2) is 21.7 Å². The SMILES string of the molecule is Cc1ocnc1C(=O)OC(C)(Br)C=O. The van der Waals surface area contributed by atoms with Crippen LogP contribution in [0.3, 0.4) is 0 Å². The fourth-order valence-corrected chi connectivity index (χ4v) is 0.902. The molecule has 5 nitrogen and oxygen atoms in total. The van der Waals surface area contributed by atoms with Crippen LogP contribution in [0.15, 0.2) is 10.8 Å². The largest absolute Gasteiger partial charge is 0.448 e. The number of nitrogens with zero attached hydrogens (tertiary/aromatic N) is 1. The van der Waals surface area contributed by atoms with E-state index >= 15 is 0 Å². The van der Waals surface area contributed by atoms with Gasteiger partial charge in [-0.25, -0.2) is 9.78 Å². The Kier molecular flexibility index (Phi) is 3.05. The van der Waals surface area contributed by atoms with E-state index in [1.807, 2.05) is 0 Å². The van der Waals surface area contributed by atoms with Crippen LogP contribution in [0.5, 0.6) is 0 Å². The van der Waals surface area contributed by atoms with Crippen molar-refractivity contribution in [2.45, 2.75) is 18.4 Å². The molecule has 0 aromatic carbocycles. The molecule has 1 aromatic heterocycles. The summed E-state index contributed by atoms with van der Waals surface area (Å²) in [5, 5.41) is 0. The van der Waals surface area contributed by atoms with Gasteiger partial charge in [-0.15, -0.1) is 0 Å². The third kappa shape index (κ3) is 2.41. The summed E-state index contributed by atoms with van der Waals surface area (Å²) >= 11 is 2.92. The topological polar surface area (TPSA) is 69.4 Å². The highest BCUT2D eigenvalue weighted by atomic mass is 79.9. The second-order valence-electron chi connectivity index (χ2n) is 2.75. The lowest BCUT2D eigenvalue weighted by Crippen LogP contribution is -2.26. The van der Waals surface area contributed by atoms with Gasteiger partial charge in [-0.1, -0.05) is 0 Å². The first-order chi connectivity index (χ1) is 6.46. The van der Waals surface area contributed by atoms with E-state index in [9.17, 15) is 9.59 Å². The molecule has 0 amide bonds. The molecule has 1 unspecified atom stereocenters. The minimum Gasteiger partial charge on any atom is -0.448 e. The lowest BCUT2D eigenvalue weighted by atomic mass is 10.3. The summed E-state index contributed by atoms with van der Waals surface area (Å²) in [6.07, 6.45) is 1.61. The van der Waals surface area contributed by atoms with E-state index < -0.39 is 10.5 Å². The first-order valence-electron chi connectivity index (χ1n) is 3.75. The molecule has 1 heterocycles. The number of halogens is 1. The fraction of sp³-hybridized carbons (Fsp3) is 0.375. The molecule has 76 valence electrons. The molecule has 1 atom stereocenters. The molecular formula is C8H8BrNO4. The minimum atomic E-state index is -1.32. The van der Waals surface area contributed by atoms with E-state index in [0.717, 1.165) is 6.39 Å². The number of aryl methyl sites for hydroxylation is 1. The maximum absolute atomic E-state index is 11.4. The van der Waals surface area contributed by atoms with Crippen LogP contribution in [-0.2, 0) is 9.53 Å². The van der Waals surface area contributed by atoms with Crippen molar-refractivity contribution >= 4 is 28.2 Å². The Labute approximate surface area is 88.6 Å². The maximum atomic E-state index is 11.4. The highest BCUT2D eigenvalue weighted by Crippen LogP contribution is 2.18. The van der Waals surface area contributed by atoms with Gasteiger partial charge in [-0.3, -0.25) is 4.79 Å². The van der Waals surface area contributed by atoms with Gasteiger partial charge in [0.15, 0.2) is 18.4 Å². The molecule has 0 radical (unpaired) electrons. The first kappa shape index (κ1) is 10.9. The van der Waals surface area contributed by atoms with Crippen LogP contribution in [0, 0.1) is 6.92 Å². The van der Waals surface area contributed by atoms with Crippen molar-refractivity contribution in [2.24, 2.45) is 0 Å².